The van der Waals surface area contributed by atoms with E-state index in [-0.39, 0.29) is 43.8 Å². The van der Waals surface area contributed by atoms with Crippen molar-refractivity contribution in [3.05, 3.63) is 100 Å². The van der Waals surface area contributed by atoms with Crippen molar-refractivity contribution in [2.24, 2.45) is 0 Å². The number of hydrogen-bond acceptors (Lipinski definition) is 4. The predicted molar refractivity (Wildman–Crippen MR) is 162 cm³/mol. The molecule has 0 radical (unpaired) electrons. The molecule has 2 amide bonds. The van der Waals surface area contributed by atoms with Crippen LogP contribution in [0, 0.1) is 0 Å². The fourth-order valence-corrected chi connectivity index (χ4v) is 5.55. The van der Waals surface area contributed by atoms with Crippen molar-refractivity contribution in [2.45, 2.75) is 51.7 Å². The SMILES string of the molecule is CC(C)NC(=O)C(Cc1ccccc1)N(Cc1ccc(Cl)cc1)C(=O)CCCN(c1ccc(Cl)cc1)S(C)(=O)=O. The average molecular weight is 605 g/mol. The first-order valence-corrected chi connectivity index (χ1v) is 15.7. The summed E-state index contributed by atoms with van der Waals surface area (Å²) in [5, 5.41) is 4.03. The minimum Gasteiger partial charge on any atom is -0.352 e. The standard InChI is InChI=1S/C30H35Cl2N3O4S/c1-22(2)33-30(37)28(20-23-8-5-4-6-9-23)34(21-24-11-13-25(31)14-12-24)29(36)10-7-19-35(40(3,38)39)27-17-15-26(32)16-18-27/h4-6,8-9,11-18,22,28H,7,10,19-21H2,1-3H3,(H,33,37). The first-order chi connectivity index (χ1) is 18.9. The molecule has 0 aliphatic rings. The Morgan fingerprint density at radius 3 is 1.98 bits per heavy atom. The largest absolute Gasteiger partial charge is 0.352 e. The first-order valence-electron chi connectivity index (χ1n) is 13.1. The van der Waals surface area contributed by atoms with Gasteiger partial charge >= 0.3 is 0 Å². The van der Waals surface area contributed by atoms with E-state index in [1.807, 2.05) is 56.3 Å². The van der Waals surface area contributed by atoms with Gasteiger partial charge in [-0.25, -0.2) is 8.42 Å². The molecule has 0 saturated heterocycles. The maximum absolute atomic E-state index is 13.8. The molecule has 0 spiro atoms. The molecular formula is C30H35Cl2N3O4S. The summed E-state index contributed by atoms with van der Waals surface area (Å²) >= 11 is 12.0. The highest BCUT2D eigenvalue weighted by Crippen LogP contribution is 2.22. The maximum atomic E-state index is 13.8. The van der Waals surface area contributed by atoms with Gasteiger partial charge in [0, 0.05) is 42.0 Å². The Labute approximate surface area is 247 Å². The molecule has 1 N–H and O–H groups in total. The Kier molecular flexibility index (Phi) is 11.4. The van der Waals surface area contributed by atoms with Crippen LogP contribution in [0.25, 0.3) is 0 Å². The molecule has 3 aromatic carbocycles. The minimum atomic E-state index is -3.60. The van der Waals surface area contributed by atoms with Crippen LogP contribution in [0.4, 0.5) is 5.69 Å². The van der Waals surface area contributed by atoms with Crippen molar-refractivity contribution in [1.82, 2.24) is 10.2 Å². The summed E-state index contributed by atoms with van der Waals surface area (Å²) < 4.78 is 26.3. The fourth-order valence-electron chi connectivity index (χ4n) is 4.33. The van der Waals surface area contributed by atoms with Gasteiger partial charge in [-0.1, -0.05) is 65.7 Å². The third kappa shape index (κ3) is 9.54. The van der Waals surface area contributed by atoms with Crippen LogP contribution < -0.4 is 9.62 Å². The Hall–Kier alpha value is -3.07. The molecule has 10 heteroatoms. The second kappa shape index (κ2) is 14.5. The molecule has 3 aromatic rings. The number of amides is 2. The second-order valence-corrected chi connectivity index (χ2v) is 12.7. The fraction of sp³-hybridized carbons (Fsp3) is 0.333. The molecule has 1 unspecified atom stereocenters. The normalized spacial score (nSPS) is 12.2. The van der Waals surface area contributed by atoms with Crippen molar-refractivity contribution >= 4 is 50.7 Å². The van der Waals surface area contributed by atoms with E-state index in [4.69, 9.17) is 23.2 Å². The zero-order chi connectivity index (χ0) is 29.3. The van der Waals surface area contributed by atoms with Gasteiger partial charge in [0.2, 0.25) is 21.8 Å². The molecule has 0 bridgehead atoms. The number of halogens is 2. The van der Waals surface area contributed by atoms with Gasteiger partial charge in [-0.2, -0.15) is 0 Å². The number of hydrogen-bond donors (Lipinski definition) is 1. The number of carbonyl (C=O) groups excluding carboxylic acids is 2. The van der Waals surface area contributed by atoms with Crippen LogP contribution in [0.1, 0.15) is 37.8 Å². The van der Waals surface area contributed by atoms with Gasteiger partial charge in [-0.3, -0.25) is 13.9 Å². The van der Waals surface area contributed by atoms with Crippen LogP contribution in [-0.2, 0) is 32.6 Å². The molecule has 40 heavy (non-hydrogen) atoms. The third-order valence-corrected chi connectivity index (χ3v) is 7.93. The van der Waals surface area contributed by atoms with E-state index >= 15 is 0 Å². The molecule has 0 aliphatic heterocycles. The summed E-state index contributed by atoms with van der Waals surface area (Å²) in [5.74, 6) is -0.501. The topological polar surface area (TPSA) is 86.8 Å². The molecule has 3 rings (SSSR count). The van der Waals surface area contributed by atoms with E-state index < -0.39 is 16.1 Å². The zero-order valence-electron chi connectivity index (χ0n) is 22.9. The lowest BCUT2D eigenvalue weighted by atomic mass is 10.0. The molecule has 0 saturated carbocycles. The Morgan fingerprint density at radius 1 is 0.850 bits per heavy atom. The van der Waals surface area contributed by atoms with E-state index in [1.54, 1.807) is 41.3 Å². The lowest BCUT2D eigenvalue weighted by Gasteiger charge is -2.32. The van der Waals surface area contributed by atoms with Crippen LogP contribution in [0.15, 0.2) is 78.9 Å². The molecule has 0 fully saturated rings. The molecule has 7 nitrogen and oxygen atoms in total. The van der Waals surface area contributed by atoms with Crippen LogP contribution in [-0.4, -0.2) is 50.0 Å². The van der Waals surface area contributed by atoms with Crippen molar-refractivity contribution in [1.29, 1.82) is 0 Å². The molecule has 0 aromatic heterocycles. The van der Waals surface area contributed by atoms with Crippen molar-refractivity contribution < 1.29 is 18.0 Å². The second-order valence-electron chi connectivity index (χ2n) is 9.93. The summed E-state index contributed by atoms with van der Waals surface area (Å²) in [6.07, 6.45) is 1.77. The number of carbonyl (C=O) groups is 2. The summed E-state index contributed by atoms with van der Waals surface area (Å²) in [6.45, 7) is 4.05. The minimum absolute atomic E-state index is 0.0491. The number of rotatable bonds is 13. The van der Waals surface area contributed by atoms with Crippen LogP contribution in [0.5, 0.6) is 0 Å². The first kappa shape index (κ1) is 31.5. The van der Waals surface area contributed by atoms with E-state index in [2.05, 4.69) is 5.32 Å². The van der Waals surface area contributed by atoms with E-state index in [9.17, 15) is 18.0 Å². The summed E-state index contributed by atoms with van der Waals surface area (Å²) in [4.78, 5) is 28.8. The zero-order valence-corrected chi connectivity index (χ0v) is 25.2. The Balaban J connectivity index is 1.87. The van der Waals surface area contributed by atoms with Crippen LogP contribution in [0.3, 0.4) is 0 Å². The number of sulfonamides is 1. The molecule has 1 atom stereocenters. The average Bonchev–Trinajstić information content (AvgIpc) is 2.90. The van der Waals surface area contributed by atoms with Crippen molar-refractivity contribution in [2.75, 3.05) is 17.1 Å². The predicted octanol–water partition coefficient (Wildman–Crippen LogP) is 5.70. The van der Waals surface area contributed by atoms with Gasteiger partial charge in [0.25, 0.3) is 0 Å². The van der Waals surface area contributed by atoms with Gasteiger partial charge in [0.05, 0.1) is 11.9 Å². The maximum Gasteiger partial charge on any atom is 0.243 e. The Bertz CT molecular complexity index is 1370. The summed E-state index contributed by atoms with van der Waals surface area (Å²) in [7, 11) is -3.60. The van der Waals surface area contributed by atoms with Gasteiger partial charge in [-0.05, 0) is 67.8 Å². The van der Waals surface area contributed by atoms with Crippen molar-refractivity contribution in [3.63, 3.8) is 0 Å². The quantitative estimate of drug-likeness (QED) is 0.271. The number of benzene rings is 3. The number of anilines is 1. The smallest absolute Gasteiger partial charge is 0.243 e. The number of nitrogens with zero attached hydrogens (tertiary/aromatic N) is 2. The molecular weight excluding hydrogens is 569 g/mol. The van der Waals surface area contributed by atoms with E-state index in [0.29, 0.717) is 22.2 Å². The van der Waals surface area contributed by atoms with Gasteiger partial charge < -0.3 is 10.2 Å². The van der Waals surface area contributed by atoms with E-state index in [1.165, 1.54) is 4.31 Å². The Morgan fingerprint density at radius 2 is 1.43 bits per heavy atom. The van der Waals surface area contributed by atoms with Gasteiger partial charge in [-0.15, -0.1) is 0 Å². The highest BCUT2D eigenvalue weighted by Gasteiger charge is 2.31. The van der Waals surface area contributed by atoms with Crippen LogP contribution in [0.2, 0.25) is 10.0 Å². The highest BCUT2D eigenvalue weighted by molar-refractivity contribution is 7.92. The molecule has 0 heterocycles. The summed E-state index contributed by atoms with van der Waals surface area (Å²) in [6, 6.07) is 22.3. The van der Waals surface area contributed by atoms with Crippen LogP contribution >= 0.6 is 23.2 Å². The summed E-state index contributed by atoms with van der Waals surface area (Å²) in [5.41, 5.74) is 2.22. The van der Waals surface area contributed by atoms with Gasteiger partial charge in [0.15, 0.2) is 0 Å². The third-order valence-electron chi connectivity index (χ3n) is 6.23. The van der Waals surface area contributed by atoms with E-state index in [0.717, 1.165) is 17.4 Å². The highest BCUT2D eigenvalue weighted by atomic mass is 35.5. The molecule has 214 valence electrons. The lowest BCUT2D eigenvalue weighted by molar-refractivity contribution is -0.141. The monoisotopic (exact) mass is 603 g/mol. The lowest BCUT2D eigenvalue weighted by Crippen LogP contribution is -2.51. The molecule has 0 aliphatic carbocycles. The van der Waals surface area contributed by atoms with Crippen molar-refractivity contribution in [3.8, 4) is 0 Å². The number of nitrogens with one attached hydrogen (secondary N) is 1. The van der Waals surface area contributed by atoms with Gasteiger partial charge in [0.1, 0.15) is 6.04 Å².